The van der Waals surface area contributed by atoms with E-state index in [9.17, 15) is 4.79 Å². The number of benzene rings is 1. The first kappa shape index (κ1) is 14.1. The third kappa shape index (κ3) is 3.16. The lowest BCUT2D eigenvalue weighted by atomic mass is 10.2. The molecule has 1 heterocycles. The molecule has 0 bridgehead atoms. The van der Waals surface area contributed by atoms with Gasteiger partial charge in [0.25, 0.3) is 0 Å². The number of rotatable bonds is 5. The molecule has 0 saturated carbocycles. The fraction of sp³-hybridized carbons (Fsp3) is 0.154. The molecule has 1 aromatic carbocycles. The molecule has 1 aromatic heterocycles. The van der Waals surface area contributed by atoms with Crippen molar-refractivity contribution in [2.24, 2.45) is 0 Å². The quantitative estimate of drug-likeness (QED) is 0.790. The van der Waals surface area contributed by atoms with Crippen LogP contribution in [0.2, 0.25) is 5.02 Å². The molecule has 2 aromatic rings. The van der Waals surface area contributed by atoms with E-state index in [0.29, 0.717) is 29.4 Å². The van der Waals surface area contributed by atoms with Crippen LogP contribution in [-0.4, -0.2) is 30.5 Å². The van der Waals surface area contributed by atoms with E-state index < -0.39 is 0 Å². The predicted octanol–water partition coefficient (Wildman–Crippen LogP) is 2.75. The second kappa shape index (κ2) is 6.21. The van der Waals surface area contributed by atoms with Gasteiger partial charge < -0.3 is 14.2 Å². The van der Waals surface area contributed by atoms with Crippen LogP contribution in [0.3, 0.4) is 0 Å². The van der Waals surface area contributed by atoms with Gasteiger partial charge in [-0.3, -0.25) is 4.79 Å². The molecule has 0 amide bonds. The van der Waals surface area contributed by atoms with Gasteiger partial charge in [-0.1, -0.05) is 11.6 Å². The number of carbonyl (C=O) groups excluding carboxylic acids is 1. The maximum absolute atomic E-state index is 10.7. The Morgan fingerprint density at radius 3 is 2.25 bits per heavy atom. The number of ether oxygens (including phenoxy) is 3. The molecule has 0 aliphatic heterocycles. The van der Waals surface area contributed by atoms with E-state index in [1.807, 2.05) is 0 Å². The van der Waals surface area contributed by atoms with Crippen LogP contribution in [0.5, 0.6) is 23.5 Å². The molecule has 20 heavy (non-hydrogen) atoms. The summed E-state index contributed by atoms with van der Waals surface area (Å²) in [5.41, 5.74) is 0.378. The molecule has 0 N–H and O–H groups in total. The topological polar surface area (TPSA) is 70.5 Å². The molecule has 0 saturated heterocycles. The van der Waals surface area contributed by atoms with E-state index in [4.69, 9.17) is 25.8 Å². The van der Waals surface area contributed by atoms with Gasteiger partial charge in [-0.25, -0.2) is 0 Å². The molecule has 0 atom stereocenters. The van der Waals surface area contributed by atoms with Crippen molar-refractivity contribution >= 4 is 17.9 Å². The van der Waals surface area contributed by atoms with Gasteiger partial charge in [-0.15, -0.1) is 0 Å². The highest BCUT2D eigenvalue weighted by molar-refractivity contribution is 6.33. The predicted molar refractivity (Wildman–Crippen MR) is 72.0 cm³/mol. The van der Waals surface area contributed by atoms with Crippen molar-refractivity contribution in [3.05, 3.63) is 34.9 Å². The molecule has 2 rings (SSSR count). The number of hydrogen-bond acceptors (Lipinski definition) is 6. The maximum atomic E-state index is 10.7. The Morgan fingerprint density at radius 1 is 1.10 bits per heavy atom. The van der Waals surface area contributed by atoms with Crippen molar-refractivity contribution < 1.29 is 19.0 Å². The molecule has 0 aliphatic rings. The normalized spacial score (nSPS) is 9.95. The smallest absolute Gasteiger partial charge is 0.328 e. The van der Waals surface area contributed by atoms with Gasteiger partial charge in [-0.2, -0.15) is 9.97 Å². The van der Waals surface area contributed by atoms with Gasteiger partial charge in [0, 0.05) is 11.6 Å². The zero-order valence-corrected chi connectivity index (χ0v) is 11.5. The maximum Gasteiger partial charge on any atom is 0.328 e. The van der Waals surface area contributed by atoms with E-state index in [1.54, 1.807) is 12.1 Å². The molecular formula is C13H11ClN2O4. The summed E-state index contributed by atoms with van der Waals surface area (Å²) in [6, 6.07) is 6.21. The molecule has 0 spiro atoms. The number of aromatic nitrogens is 2. The Morgan fingerprint density at radius 2 is 1.75 bits per heavy atom. The molecule has 104 valence electrons. The van der Waals surface area contributed by atoms with Crippen molar-refractivity contribution in [1.82, 2.24) is 9.97 Å². The zero-order valence-electron chi connectivity index (χ0n) is 10.8. The number of hydrogen-bond donors (Lipinski definition) is 0. The van der Waals surface area contributed by atoms with Crippen LogP contribution in [0.4, 0.5) is 0 Å². The minimum absolute atomic E-state index is 0.0520. The van der Waals surface area contributed by atoms with Crippen molar-refractivity contribution in [3.8, 4) is 23.5 Å². The highest BCUT2D eigenvalue weighted by atomic mass is 35.5. The van der Waals surface area contributed by atoms with Crippen LogP contribution in [-0.2, 0) is 0 Å². The molecule has 0 radical (unpaired) electrons. The Bertz CT molecular complexity index is 612. The summed E-state index contributed by atoms with van der Waals surface area (Å²) in [7, 11) is 2.95. The Hall–Kier alpha value is -2.34. The number of aldehydes is 1. The van der Waals surface area contributed by atoms with Crippen LogP contribution in [0, 0.1) is 0 Å². The summed E-state index contributed by atoms with van der Waals surface area (Å²) in [5.74, 6) is 1.01. The number of methoxy groups -OCH3 is 2. The molecule has 6 nitrogen and oxygen atoms in total. The highest BCUT2D eigenvalue weighted by Gasteiger charge is 2.09. The van der Waals surface area contributed by atoms with E-state index >= 15 is 0 Å². The first-order chi connectivity index (χ1) is 9.66. The minimum Gasteiger partial charge on any atom is -0.481 e. The van der Waals surface area contributed by atoms with Crippen LogP contribution < -0.4 is 14.2 Å². The van der Waals surface area contributed by atoms with Gasteiger partial charge in [0.1, 0.15) is 5.75 Å². The number of nitrogens with zero attached hydrogens (tertiary/aromatic N) is 2. The minimum atomic E-state index is 0.0520. The van der Waals surface area contributed by atoms with Crippen LogP contribution in [0.1, 0.15) is 10.4 Å². The molecule has 0 aliphatic carbocycles. The summed E-state index contributed by atoms with van der Waals surface area (Å²) in [5, 5.41) is 0.285. The lowest BCUT2D eigenvalue weighted by Gasteiger charge is -2.08. The monoisotopic (exact) mass is 294 g/mol. The largest absolute Gasteiger partial charge is 0.481 e. The number of halogens is 1. The van der Waals surface area contributed by atoms with E-state index in [0.717, 1.165) is 0 Å². The second-order valence-corrected chi connectivity index (χ2v) is 4.05. The number of carbonyl (C=O) groups is 1. The van der Waals surface area contributed by atoms with Gasteiger partial charge in [0.15, 0.2) is 6.29 Å². The van der Waals surface area contributed by atoms with Gasteiger partial charge in [-0.05, 0) is 12.1 Å². The highest BCUT2D eigenvalue weighted by Crippen LogP contribution is 2.26. The lowest BCUT2D eigenvalue weighted by Crippen LogP contribution is -1.98. The molecule has 0 fully saturated rings. The lowest BCUT2D eigenvalue weighted by molar-refractivity contribution is 0.112. The summed E-state index contributed by atoms with van der Waals surface area (Å²) in [6.07, 6.45) is 0.664. The van der Waals surface area contributed by atoms with E-state index in [2.05, 4.69) is 9.97 Å². The van der Waals surface area contributed by atoms with Crippen molar-refractivity contribution in [2.45, 2.75) is 0 Å². The van der Waals surface area contributed by atoms with Crippen LogP contribution in [0.15, 0.2) is 24.3 Å². The Balaban J connectivity index is 2.29. The summed E-state index contributed by atoms with van der Waals surface area (Å²) in [6.45, 7) is 0. The molecule has 7 heteroatoms. The summed E-state index contributed by atoms with van der Waals surface area (Å²) in [4.78, 5) is 18.7. The summed E-state index contributed by atoms with van der Waals surface area (Å²) >= 11 is 5.91. The van der Waals surface area contributed by atoms with Crippen LogP contribution in [0.25, 0.3) is 0 Å². The van der Waals surface area contributed by atoms with Gasteiger partial charge in [0.2, 0.25) is 11.8 Å². The first-order valence-corrected chi connectivity index (χ1v) is 5.93. The van der Waals surface area contributed by atoms with Crippen molar-refractivity contribution in [3.63, 3.8) is 0 Å². The SMILES string of the molecule is COc1cc(OC)nc(Oc2ccc(C=O)c(Cl)c2)n1. The summed E-state index contributed by atoms with van der Waals surface area (Å²) < 4.78 is 15.5. The zero-order chi connectivity index (χ0) is 14.5. The fourth-order valence-corrected chi connectivity index (χ4v) is 1.63. The second-order valence-electron chi connectivity index (χ2n) is 3.64. The third-order valence-corrected chi connectivity index (χ3v) is 2.71. The molecular weight excluding hydrogens is 284 g/mol. The average molecular weight is 295 g/mol. The van der Waals surface area contributed by atoms with Crippen molar-refractivity contribution in [1.29, 1.82) is 0 Å². The van der Waals surface area contributed by atoms with Gasteiger partial charge >= 0.3 is 6.01 Å². The average Bonchev–Trinajstić information content (AvgIpc) is 2.47. The first-order valence-electron chi connectivity index (χ1n) is 5.56. The Kier molecular flexibility index (Phi) is 4.37. The fourth-order valence-electron chi connectivity index (χ4n) is 1.41. The standard InChI is InChI=1S/C13H11ClN2O4/c1-18-11-6-12(19-2)16-13(15-11)20-9-4-3-8(7-17)10(14)5-9/h3-7H,1-2H3. The van der Waals surface area contributed by atoms with E-state index in [-0.39, 0.29) is 11.0 Å². The third-order valence-electron chi connectivity index (χ3n) is 2.38. The van der Waals surface area contributed by atoms with Crippen LogP contribution >= 0.6 is 11.6 Å². The van der Waals surface area contributed by atoms with E-state index in [1.165, 1.54) is 26.4 Å². The van der Waals surface area contributed by atoms with Gasteiger partial charge in [0.05, 0.1) is 25.3 Å². The Labute approximate surface area is 120 Å². The van der Waals surface area contributed by atoms with Crippen molar-refractivity contribution in [2.75, 3.05) is 14.2 Å². The molecule has 0 unspecified atom stereocenters.